The van der Waals surface area contributed by atoms with Crippen LogP contribution in [0.2, 0.25) is 0 Å². The fourth-order valence-electron chi connectivity index (χ4n) is 3.09. The van der Waals surface area contributed by atoms with Gasteiger partial charge >= 0.3 is 0 Å². The molecule has 1 amide bonds. The molecule has 3 rings (SSSR count). The van der Waals surface area contributed by atoms with Gasteiger partial charge in [-0.1, -0.05) is 17.7 Å². The standard InChI is InChI=1S/C18H24N4O2/c1-11-7-8-15(12(2)10-11)22-20-14(4)17(21-22)18(23)19-13(3)16-6-5-9-24-16/h7-8,10,13,16H,5-6,9H2,1-4H3,(H,19,23)/t13-,16+/m1/s1. The second-order valence-corrected chi connectivity index (χ2v) is 6.53. The van der Waals surface area contributed by atoms with Gasteiger partial charge in [0, 0.05) is 6.61 Å². The first-order chi connectivity index (χ1) is 11.5. The summed E-state index contributed by atoms with van der Waals surface area (Å²) in [6, 6.07) is 6.03. The van der Waals surface area contributed by atoms with E-state index in [1.807, 2.05) is 32.9 Å². The summed E-state index contributed by atoms with van der Waals surface area (Å²) in [5.74, 6) is -0.202. The van der Waals surface area contributed by atoms with Crippen LogP contribution in [0.5, 0.6) is 0 Å². The molecule has 1 fully saturated rings. The van der Waals surface area contributed by atoms with Crippen molar-refractivity contribution >= 4 is 5.91 Å². The van der Waals surface area contributed by atoms with Gasteiger partial charge in [0.25, 0.3) is 5.91 Å². The summed E-state index contributed by atoms with van der Waals surface area (Å²) in [6.07, 6.45) is 2.12. The van der Waals surface area contributed by atoms with Crippen molar-refractivity contribution in [3.05, 3.63) is 40.7 Å². The van der Waals surface area contributed by atoms with E-state index in [1.54, 1.807) is 6.92 Å². The highest BCUT2D eigenvalue weighted by molar-refractivity contribution is 5.93. The lowest BCUT2D eigenvalue weighted by atomic mass is 10.1. The highest BCUT2D eigenvalue weighted by atomic mass is 16.5. The highest BCUT2D eigenvalue weighted by Gasteiger charge is 2.26. The number of aryl methyl sites for hydroxylation is 3. The Morgan fingerprint density at radius 2 is 2.12 bits per heavy atom. The number of benzene rings is 1. The van der Waals surface area contributed by atoms with Crippen LogP contribution in [-0.4, -0.2) is 39.7 Å². The minimum Gasteiger partial charge on any atom is -0.376 e. The van der Waals surface area contributed by atoms with Gasteiger partial charge in [-0.3, -0.25) is 4.79 Å². The van der Waals surface area contributed by atoms with Gasteiger partial charge in [-0.2, -0.15) is 9.90 Å². The zero-order valence-corrected chi connectivity index (χ0v) is 14.7. The van der Waals surface area contributed by atoms with E-state index in [-0.39, 0.29) is 18.1 Å². The lowest BCUT2D eigenvalue weighted by Crippen LogP contribution is -2.41. The van der Waals surface area contributed by atoms with Crippen LogP contribution in [0.1, 0.15) is 47.1 Å². The Bertz CT molecular complexity index is 747. The van der Waals surface area contributed by atoms with Gasteiger partial charge in [0.1, 0.15) is 0 Å². The lowest BCUT2D eigenvalue weighted by Gasteiger charge is -2.19. The molecule has 0 aliphatic carbocycles. The van der Waals surface area contributed by atoms with Crippen LogP contribution in [0.3, 0.4) is 0 Å². The summed E-state index contributed by atoms with van der Waals surface area (Å²) in [5.41, 5.74) is 4.12. The van der Waals surface area contributed by atoms with Crippen LogP contribution in [0, 0.1) is 20.8 Å². The summed E-state index contributed by atoms with van der Waals surface area (Å²) < 4.78 is 5.63. The normalized spacial score (nSPS) is 18.6. The maximum Gasteiger partial charge on any atom is 0.274 e. The van der Waals surface area contributed by atoms with Gasteiger partial charge in [0.15, 0.2) is 5.69 Å². The van der Waals surface area contributed by atoms with E-state index in [0.29, 0.717) is 11.4 Å². The summed E-state index contributed by atoms with van der Waals surface area (Å²) >= 11 is 0. The fraction of sp³-hybridized carbons (Fsp3) is 0.500. The van der Waals surface area contributed by atoms with Gasteiger partial charge < -0.3 is 10.1 Å². The van der Waals surface area contributed by atoms with Crippen molar-refractivity contribution in [1.29, 1.82) is 0 Å². The Kier molecular flexibility index (Phi) is 4.66. The molecule has 2 aromatic rings. The number of carbonyl (C=O) groups is 1. The summed E-state index contributed by atoms with van der Waals surface area (Å²) in [7, 11) is 0. The van der Waals surface area contributed by atoms with E-state index in [4.69, 9.17) is 4.74 Å². The Labute approximate surface area is 142 Å². The highest BCUT2D eigenvalue weighted by Crippen LogP contribution is 2.17. The predicted octanol–water partition coefficient (Wildman–Crippen LogP) is 2.49. The third kappa shape index (κ3) is 3.33. The third-order valence-corrected chi connectivity index (χ3v) is 4.45. The second kappa shape index (κ2) is 6.73. The summed E-state index contributed by atoms with van der Waals surface area (Å²) in [6.45, 7) is 8.60. The molecule has 2 atom stereocenters. The van der Waals surface area contributed by atoms with Crippen LogP contribution in [0.15, 0.2) is 18.2 Å². The van der Waals surface area contributed by atoms with Crippen molar-refractivity contribution in [2.45, 2.75) is 52.7 Å². The van der Waals surface area contributed by atoms with Crippen molar-refractivity contribution in [1.82, 2.24) is 20.3 Å². The molecule has 6 heteroatoms. The van der Waals surface area contributed by atoms with E-state index in [9.17, 15) is 4.79 Å². The van der Waals surface area contributed by atoms with E-state index in [0.717, 1.165) is 30.7 Å². The molecule has 0 unspecified atom stereocenters. The van der Waals surface area contributed by atoms with E-state index in [1.165, 1.54) is 10.4 Å². The minimum atomic E-state index is -0.202. The molecule has 1 saturated heterocycles. The Hall–Kier alpha value is -2.21. The average Bonchev–Trinajstić information content (AvgIpc) is 3.16. The van der Waals surface area contributed by atoms with E-state index < -0.39 is 0 Å². The molecule has 0 saturated carbocycles. The van der Waals surface area contributed by atoms with E-state index >= 15 is 0 Å². The zero-order chi connectivity index (χ0) is 17.3. The molecule has 1 aliphatic rings. The molecule has 1 aromatic carbocycles. The largest absolute Gasteiger partial charge is 0.376 e. The van der Waals surface area contributed by atoms with Gasteiger partial charge in [0.05, 0.1) is 23.5 Å². The minimum absolute atomic E-state index is 0.0364. The molecule has 6 nitrogen and oxygen atoms in total. The topological polar surface area (TPSA) is 69.0 Å². The number of hydrogen-bond acceptors (Lipinski definition) is 4. The monoisotopic (exact) mass is 328 g/mol. The first-order valence-electron chi connectivity index (χ1n) is 8.39. The molecule has 2 heterocycles. The number of hydrogen-bond donors (Lipinski definition) is 1. The molecule has 0 bridgehead atoms. The molecule has 0 spiro atoms. The lowest BCUT2D eigenvalue weighted by molar-refractivity contribution is 0.0709. The number of nitrogens with zero attached hydrogens (tertiary/aromatic N) is 3. The number of carbonyl (C=O) groups excluding carboxylic acids is 1. The van der Waals surface area contributed by atoms with Gasteiger partial charge in [-0.15, -0.1) is 5.10 Å². The predicted molar refractivity (Wildman–Crippen MR) is 91.5 cm³/mol. The van der Waals surface area contributed by atoms with Crippen LogP contribution in [0.25, 0.3) is 5.69 Å². The molecule has 24 heavy (non-hydrogen) atoms. The van der Waals surface area contributed by atoms with Crippen LogP contribution < -0.4 is 5.32 Å². The summed E-state index contributed by atoms with van der Waals surface area (Å²) in [4.78, 5) is 14.1. The Balaban J connectivity index is 1.79. The Morgan fingerprint density at radius 1 is 1.33 bits per heavy atom. The van der Waals surface area contributed by atoms with Gasteiger partial charge in [0.2, 0.25) is 0 Å². The third-order valence-electron chi connectivity index (χ3n) is 4.45. The average molecular weight is 328 g/mol. The van der Waals surface area contributed by atoms with Crippen molar-refractivity contribution in [3.8, 4) is 5.69 Å². The first-order valence-corrected chi connectivity index (χ1v) is 8.39. The SMILES string of the molecule is Cc1ccc(-n2nc(C)c(C(=O)N[C@H](C)[C@@H]3CCCO3)n2)c(C)c1. The number of rotatable bonds is 4. The molecule has 128 valence electrons. The molecule has 1 aromatic heterocycles. The molecular weight excluding hydrogens is 304 g/mol. The van der Waals surface area contributed by atoms with Crippen molar-refractivity contribution in [2.24, 2.45) is 0 Å². The number of amides is 1. The Morgan fingerprint density at radius 3 is 2.79 bits per heavy atom. The first kappa shape index (κ1) is 16.6. The van der Waals surface area contributed by atoms with Gasteiger partial charge in [-0.05, 0) is 52.2 Å². The second-order valence-electron chi connectivity index (χ2n) is 6.53. The van der Waals surface area contributed by atoms with Gasteiger partial charge in [-0.25, -0.2) is 0 Å². The van der Waals surface area contributed by atoms with Crippen molar-refractivity contribution in [3.63, 3.8) is 0 Å². The fourth-order valence-corrected chi connectivity index (χ4v) is 3.09. The molecule has 0 radical (unpaired) electrons. The summed E-state index contributed by atoms with van der Waals surface area (Å²) in [5, 5.41) is 11.8. The number of nitrogens with one attached hydrogen (secondary N) is 1. The molecule has 1 aliphatic heterocycles. The van der Waals surface area contributed by atoms with Crippen LogP contribution >= 0.6 is 0 Å². The molecule has 1 N–H and O–H groups in total. The van der Waals surface area contributed by atoms with Crippen molar-refractivity contribution < 1.29 is 9.53 Å². The number of ether oxygens (including phenoxy) is 1. The smallest absolute Gasteiger partial charge is 0.274 e. The van der Waals surface area contributed by atoms with Crippen molar-refractivity contribution in [2.75, 3.05) is 6.61 Å². The molecular formula is C18H24N4O2. The van der Waals surface area contributed by atoms with Crippen LogP contribution in [-0.2, 0) is 4.74 Å². The van der Waals surface area contributed by atoms with Crippen LogP contribution in [0.4, 0.5) is 0 Å². The maximum absolute atomic E-state index is 12.5. The number of aromatic nitrogens is 3. The zero-order valence-electron chi connectivity index (χ0n) is 14.7. The quantitative estimate of drug-likeness (QED) is 0.936. The maximum atomic E-state index is 12.5. The van der Waals surface area contributed by atoms with E-state index in [2.05, 4.69) is 21.6 Å².